The molecule has 1 aliphatic rings. The van der Waals surface area contributed by atoms with E-state index in [1.807, 2.05) is 35.2 Å². The Hall–Kier alpha value is -2.14. The van der Waals surface area contributed by atoms with Crippen LogP contribution >= 0.6 is 0 Å². The summed E-state index contributed by atoms with van der Waals surface area (Å²) in [5.74, 6) is -0.0856. The Morgan fingerprint density at radius 2 is 2.19 bits per heavy atom. The van der Waals surface area contributed by atoms with Crippen LogP contribution in [0.4, 0.5) is 5.82 Å². The van der Waals surface area contributed by atoms with E-state index in [0.29, 0.717) is 25.3 Å². The Balaban J connectivity index is 2.02. The first-order valence-electron chi connectivity index (χ1n) is 7.01. The average Bonchev–Trinajstić information content (AvgIpc) is 2.89. The zero-order chi connectivity index (χ0) is 15.0. The third-order valence-corrected chi connectivity index (χ3v) is 4.24. The molecule has 5 nitrogen and oxygen atoms in total. The Morgan fingerprint density at radius 3 is 2.86 bits per heavy atom. The maximum absolute atomic E-state index is 11.4. The topological polar surface area (TPSA) is 73.7 Å². The monoisotopic (exact) mass is 286 g/mol. The smallest absolute Gasteiger partial charge is 0.311 e. The van der Waals surface area contributed by atoms with Crippen molar-refractivity contribution in [3.05, 3.63) is 35.9 Å². The van der Waals surface area contributed by atoms with E-state index >= 15 is 0 Å². The third-order valence-electron chi connectivity index (χ3n) is 4.24. The van der Waals surface area contributed by atoms with Crippen LogP contribution in [0, 0.1) is 5.41 Å². The molecule has 0 radical (unpaired) electrons. The Kier molecular flexibility index (Phi) is 3.29. The highest BCUT2D eigenvalue weighted by Crippen LogP contribution is 2.35. The Labute approximate surface area is 122 Å². The lowest BCUT2D eigenvalue weighted by Crippen LogP contribution is -2.32. The number of para-hydroxylation sites is 1. The van der Waals surface area contributed by atoms with E-state index in [-0.39, 0.29) is 6.61 Å². The number of carbonyl (C=O) groups is 1. The molecular formula is C16H18N2O3. The van der Waals surface area contributed by atoms with Gasteiger partial charge >= 0.3 is 5.97 Å². The van der Waals surface area contributed by atoms with Gasteiger partial charge in [0.1, 0.15) is 5.82 Å². The summed E-state index contributed by atoms with van der Waals surface area (Å²) in [6.07, 6.45) is 0.585. The number of benzene rings is 1. The number of aliphatic hydroxyl groups excluding tert-OH is 1. The average molecular weight is 286 g/mol. The van der Waals surface area contributed by atoms with Crippen LogP contribution in [-0.4, -0.2) is 34.3 Å². The van der Waals surface area contributed by atoms with Crippen molar-refractivity contribution < 1.29 is 15.0 Å². The van der Waals surface area contributed by atoms with E-state index < -0.39 is 11.4 Å². The first-order chi connectivity index (χ1) is 10.0. The molecule has 2 heterocycles. The van der Waals surface area contributed by atoms with Crippen LogP contribution in [0.1, 0.15) is 18.9 Å². The van der Waals surface area contributed by atoms with Gasteiger partial charge in [-0.1, -0.05) is 18.2 Å². The summed E-state index contributed by atoms with van der Waals surface area (Å²) in [4.78, 5) is 18.0. The minimum absolute atomic E-state index is 0.104. The van der Waals surface area contributed by atoms with E-state index in [9.17, 15) is 15.0 Å². The number of aromatic nitrogens is 1. The van der Waals surface area contributed by atoms with Crippen molar-refractivity contribution in [2.75, 3.05) is 18.0 Å². The highest BCUT2D eigenvalue weighted by molar-refractivity contribution is 5.82. The largest absolute Gasteiger partial charge is 0.481 e. The van der Waals surface area contributed by atoms with Crippen LogP contribution in [0.15, 0.2) is 30.3 Å². The molecule has 0 aliphatic carbocycles. The molecule has 1 atom stereocenters. The fourth-order valence-electron chi connectivity index (χ4n) is 2.86. The molecule has 1 aromatic heterocycles. The number of carboxylic acids is 1. The zero-order valence-electron chi connectivity index (χ0n) is 11.9. The fourth-order valence-corrected chi connectivity index (χ4v) is 2.86. The first-order valence-corrected chi connectivity index (χ1v) is 7.01. The summed E-state index contributed by atoms with van der Waals surface area (Å²) in [7, 11) is 0. The molecule has 1 fully saturated rings. The molecule has 5 heteroatoms. The number of rotatable bonds is 3. The SMILES string of the molecule is CC1(C(=O)O)CCN(c2nc3ccccc3cc2CO)C1. The highest BCUT2D eigenvalue weighted by atomic mass is 16.4. The van der Waals surface area contributed by atoms with Crippen LogP contribution in [-0.2, 0) is 11.4 Å². The van der Waals surface area contributed by atoms with Gasteiger partial charge in [-0.15, -0.1) is 0 Å². The predicted molar refractivity (Wildman–Crippen MR) is 80.2 cm³/mol. The summed E-state index contributed by atoms with van der Waals surface area (Å²) in [6.45, 7) is 2.71. The van der Waals surface area contributed by atoms with Gasteiger partial charge in [0.2, 0.25) is 0 Å². The number of anilines is 1. The molecule has 1 unspecified atom stereocenters. The first kappa shape index (κ1) is 13.8. The number of hydrogen-bond acceptors (Lipinski definition) is 4. The van der Waals surface area contributed by atoms with Gasteiger partial charge in [0.15, 0.2) is 0 Å². The molecule has 0 saturated carbocycles. The zero-order valence-corrected chi connectivity index (χ0v) is 11.9. The Bertz CT molecular complexity index is 701. The van der Waals surface area contributed by atoms with Crippen LogP contribution < -0.4 is 4.90 Å². The van der Waals surface area contributed by atoms with Gasteiger partial charge in [-0.3, -0.25) is 4.79 Å². The second kappa shape index (κ2) is 5.00. The lowest BCUT2D eigenvalue weighted by atomic mass is 9.90. The second-order valence-electron chi connectivity index (χ2n) is 5.86. The molecule has 2 N–H and O–H groups in total. The van der Waals surface area contributed by atoms with Crippen LogP contribution in [0.25, 0.3) is 10.9 Å². The van der Waals surface area contributed by atoms with Crippen LogP contribution in [0.5, 0.6) is 0 Å². The molecule has 21 heavy (non-hydrogen) atoms. The van der Waals surface area contributed by atoms with E-state index in [0.717, 1.165) is 16.5 Å². The number of fused-ring (bicyclic) bond motifs is 1. The maximum atomic E-state index is 11.4. The van der Waals surface area contributed by atoms with E-state index in [4.69, 9.17) is 0 Å². The summed E-state index contributed by atoms with van der Waals surface area (Å²) in [5.41, 5.74) is 0.844. The maximum Gasteiger partial charge on any atom is 0.311 e. The quantitative estimate of drug-likeness (QED) is 0.903. The molecule has 2 aromatic rings. The van der Waals surface area contributed by atoms with Gasteiger partial charge in [-0.05, 0) is 25.5 Å². The summed E-state index contributed by atoms with van der Waals surface area (Å²) >= 11 is 0. The highest BCUT2D eigenvalue weighted by Gasteiger charge is 2.41. The van der Waals surface area contributed by atoms with Crippen LogP contribution in [0.3, 0.4) is 0 Å². The van der Waals surface area contributed by atoms with Gasteiger partial charge in [0.05, 0.1) is 17.5 Å². The number of nitrogens with zero attached hydrogens (tertiary/aromatic N) is 2. The van der Waals surface area contributed by atoms with Crippen molar-refractivity contribution in [2.45, 2.75) is 20.0 Å². The van der Waals surface area contributed by atoms with Crippen molar-refractivity contribution in [3.8, 4) is 0 Å². The summed E-state index contributed by atoms with van der Waals surface area (Å²) < 4.78 is 0. The Morgan fingerprint density at radius 1 is 1.43 bits per heavy atom. The number of pyridine rings is 1. The van der Waals surface area contributed by atoms with E-state index in [1.165, 1.54) is 0 Å². The molecule has 1 aromatic carbocycles. The number of hydrogen-bond donors (Lipinski definition) is 2. The molecule has 3 rings (SSSR count). The van der Waals surface area contributed by atoms with Crippen molar-refractivity contribution >= 4 is 22.7 Å². The lowest BCUT2D eigenvalue weighted by molar-refractivity contribution is -0.146. The minimum Gasteiger partial charge on any atom is -0.481 e. The molecule has 110 valence electrons. The molecule has 0 spiro atoms. The number of carboxylic acid groups (broad SMARTS) is 1. The molecule has 1 aliphatic heterocycles. The number of aliphatic carboxylic acids is 1. The number of aliphatic hydroxyl groups is 1. The van der Waals surface area contributed by atoms with Gasteiger partial charge < -0.3 is 15.1 Å². The van der Waals surface area contributed by atoms with Gasteiger partial charge in [0.25, 0.3) is 0 Å². The minimum atomic E-state index is -0.781. The van der Waals surface area contributed by atoms with Crippen LogP contribution in [0.2, 0.25) is 0 Å². The molecule has 0 bridgehead atoms. The fraction of sp³-hybridized carbons (Fsp3) is 0.375. The predicted octanol–water partition coefficient (Wildman–Crippen LogP) is 2.03. The second-order valence-corrected chi connectivity index (χ2v) is 5.86. The molecule has 1 saturated heterocycles. The van der Waals surface area contributed by atoms with Gasteiger partial charge in [-0.2, -0.15) is 0 Å². The van der Waals surface area contributed by atoms with Crippen molar-refractivity contribution in [1.29, 1.82) is 0 Å². The standard InChI is InChI=1S/C16H18N2O3/c1-16(15(20)21)6-7-18(10-16)14-12(9-19)8-11-4-2-3-5-13(11)17-14/h2-5,8,19H,6-7,9-10H2,1H3,(H,20,21). The molecular weight excluding hydrogens is 268 g/mol. The third kappa shape index (κ3) is 2.34. The van der Waals surface area contributed by atoms with E-state index in [1.54, 1.807) is 6.92 Å². The van der Waals surface area contributed by atoms with Gasteiger partial charge in [-0.25, -0.2) is 4.98 Å². The van der Waals surface area contributed by atoms with Crippen molar-refractivity contribution in [3.63, 3.8) is 0 Å². The molecule has 0 amide bonds. The lowest BCUT2D eigenvalue weighted by Gasteiger charge is -2.23. The van der Waals surface area contributed by atoms with Crippen molar-refractivity contribution in [2.24, 2.45) is 5.41 Å². The van der Waals surface area contributed by atoms with E-state index in [2.05, 4.69) is 4.98 Å². The summed E-state index contributed by atoms with van der Waals surface area (Å²) in [6, 6.07) is 9.66. The normalized spacial score (nSPS) is 21.9. The van der Waals surface area contributed by atoms with Crippen molar-refractivity contribution in [1.82, 2.24) is 4.98 Å². The summed E-state index contributed by atoms with van der Waals surface area (Å²) in [5, 5.41) is 19.9. The van der Waals surface area contributed by atoms with Gasteiger partial charge in [0, 0.05) is 24.0 Å².